The zero-order chi connectivity index (χ0) is 19.2. The van der Waals surface area contributed by atoms with Crippen LogP contribution < -0.4 is 10.6 Å². The van der Waals surface area contributed by atoms with Gasteiger partial charge in [-0.3, -0.25) is 10.1 Å². The highest BCUT2D eigenvalue weighted by atomic mass is 16.5. The van der Waals surface area contributed by atoms with Crippen molar-refractivity contribution < 1.29 is 19.1 Å². The summed E-state index contributed by atoms with van der Waals surface area (Å²) in [5.74, 6) is -0.748. The number of nitrogens with one attached hydrogen (secondary N) is 2. The van der Waals surface area contributed by atoms with Crippen LogP contribution in [0.1, 0.15) is 57.5 Å². The van der Waals surface area contributed by atoms with Gasteiger partial charge >= 0.3 is 12.0 Å². The lowest BCUT2D eigenvalue weighted by atomic mass is 10.0. The van der Waals surface area contributed by atoms with E-state index in [1.807, 2.05) is 12.1 Å². The fourth-order valence-corrected chi connectivity index (χ4v) is 2.12. The average Bonchev–Trinajstić information content (AvgIpc) is 2.44. The first-order chi connectivity index (χ1) is 11.5. The van der Waals surface area contributed by atoms with Gasteiger partial charge in [0.2, 0.25) is 0 Å². The molecule has 1 atom stereocenters. The van der Waals surface area contributed by atoms with Crippen molar-refractivity contribution in [3.05, 3.63) is 35.4 Å². The number of ether oxygens (including phenoxy) is 1. The van der Waals surface area contributed by atoms with Gasteiger partial charge in [-0.2, -0.15) is 0 Å². The molecule has 0 saturated carbocycles. The standard InChI is InChI=1S/C19H28N2O4/c1-12(2)11-14-7-9-15(10-8-14)17(23)25-13(3)16(22)20-18(24)21-19(4,5)6/h7-10,12-13H,11H2,1-6H3,(H2,20,21,22,24)/t13-/m0/s1. The maximum Gasteiger partial charge on any atom is 0.338 e. The van der Waals surface area contributed by atoms with Crippen LogP contribution in [0, 0.1) is 5.92 Å². The van der Waals surface area contributed by atoms with E-state index >= 15 is 0 Å². The molecule has 0 aliphatic rings. The third-order valence-corrected chi connectivity index (χ3v) is 3.21. The molecule has 1 aromatic rings. The summed E-state index contributed by atoms with van der Waals surface area (Å²) >= 11 is 0. The van der Waals surface area contributed by atoms with E-state index in [1.165, 1.54) is 6.92 Å². The van der Waals surface area contributed by atoms with Crippen LogP contribution in [-0.4, -0.2) is 29.6 Å². The van der Waals surface area contributed by atoms with Gasteiger partial charge in [-0.25, -0.2) is 9.59 Å². The Morgan fingerprint density at radius 1 is 1.04 bits per heavy atom. The molecule has 6 heteroatoms. The van der Waals surface area contributed by atoms with Crippen molar-refractivity contribution in [3.8, 4) is 0 Å². The molecule has 0 bridgehead atoms. The van der Waals surface area contributed by atoms with Crippen LogP contribution in [-0.2, 0) is 16.0 Å². The lowest BCUT2D eigenvalue weighted by Gasteiger charge is -2.21. The van der Waals surface area contributed by atoms with Crippen molar-refractivity contribution in [1.82, 2.24) is 10.6 Å². The van der Waals surface area contributed by atoms with Crippen LogP contribution >= 0.6 is 0 Å². The Morgan fingerprint density at radius 2 is 1.60 bits per heavy atom. The maximum atomic E-state index is 12.1. The van der Waals surface area contributed by atoms with E-state index in [2.05, 4.69) is 24.5 Å². The first-order valence-electron chi connectivity index (χ1n) is 8.41. The molecule has 1 aromatic carbocycles. The molecule has 0 aliphatic carbocycles. The quantitative estimate of drug-likeness (QED) is 0.801. The monoisotopic (exact) mass is 348 g/mol. The molecule has 25 heavy (non-hydrogen) atoms. The topological polar surface area (TPSA) is 84.5 Å². The number of rotatable bonds is 5. The van der Waals surface area contributed by atoms with Crippen molar-refractivity contribution in [2.75, 3.05) is 0 Å². The van der Waals surface area contributed by atoms with Gasteiger partial charge in [0.1, 0.15) is 0 Å². The molecule has 0 aliphatic heterocycles. The number of esters is 1. The summed E-state index contributed by atoms with van der Waals surface area (Å²) in [7, 11) is 0. The fourth-order valence-electron chi connectivity index (χ4n) is 2.12. The smallest absolute Gasteiger partial charge is 0.338 e. The number of carbonyl (C=O) groups excluding carboxylic acids is 3. The second-order valence-electron chi connectivity index (χ2n) is 7.54. The Labute approximate surface area is 149 Å². The summed E-state index contributed by atoms with van der Waals surface area (Å²) in [5.41, 5.74) is 1.03. The second-order valence-corrected chi connectivity index (χ2v) is 7.54. The molecule has 0 saturated heterocycles. The Hall–Kier alpha value is -2.37. The predicted octanol–water partition coefficient (Wildman–Crippen LogP) is 3.05. The average molecular weight is 348 g/mol. The highest BCUT2D eigenvalue weighted by Gasteiger charge is 2.22. The van der Waals surface area contributed by atoms with Crippen LogP contribution in [0.15, 0.2) is 24.3 Å². The Balaban J connectivity index is 2.58. The molecule has 0 unspecified atom stereocenters. The molecule has 0 aromatic heterocycles. The number of urea groups is 1. The normalized spacial score (nSPS) is 12.4. The third kappa shape index (κ3) is 7.83. The lowest BCUT2D eigenvalue weighted by Crippen LogP contribution is -2.50. The van der Waals surface area contributed by atoms with Crippen molar-refractivity contribution >= 4 is 17.9 Å². The SMILES string of the molecule is CC(C)Cc1ccc(C(=O)O[C@@H](C)C(=O)NC(=O)NC(C)(C)C)cc1. The lowest BCUT2D eigenvalue weighted by molar-refractivity contribution is -0.127. The number of carbonyl (C=O) groups is 3. The van der Waals surface area contributed by atoms with Crippen molar-refractivity contribution in [1.29, 1.82) is 0 Å². The first-order valence-corrected chi connectivity index (χ1v) is 8.41. The van der Waals surface area contributed by atoms with Crippen LogP contribution in [0.2, 0.25) is 0 Å². The second kappa shape index (κ2) is 8.65. The van der Waals surface area contributed by atoms with E-state index in [9.17, 15) is 14.4 Å². The Kier molecular flexibility index (Phi) is 7.15. The zero-order valence-electron chi connectivity index (χ0n) is 15.8. The molecule has 138 valence electrons. The first kappa shape index (κ1) is 20.7. The van der Waals surface area contributed by atoms with E-state index < -0.39 is 29.6 Å². The molecule has 2 N–H and O–H groups in total. The van der Waals surface area contributed by atoms with E-state index in [0.717, 1.165) is 12.0 Å². The summed E-state index contributed by atoms with van der Waals surface area (Å²) in [6.07, 6.45) is -0.148. The van der Waals surface area contributed by atoms with Gasteiger partial charge < -0.3 is 10.1 Å². The largest absolute Gasteiger partial charge is 0.449 e. The molecule has 3 amide bonds. The summed E-state index contributed by atoms with van der Waals surface area (Å²) in [6.45, 7) is 11.1. The molecular weight excluding hydrogens is 320 g/mol. The molecule has 6 nitrogen and oxygen atoms in total. The number of hydrogen-bond acceptors (Lipinski definition) is 4. The minimum Gasteiger partial charge on any atom is -0.449 e. The molecule has 1 rings (SSSR count). The van der Waals surface area contributed by atoms with Gasteiger partial charge in [0.05, 0.1) is 5.56 Å². The summed E-state index contributed by atoms with van der Waals surface area (Å²) < 4.78 is 5.12. The summed E-state index contributed by atoms with van der Waals surface area (Å²) in [4.78, 5) is 35.7. The van der Waals surface area contributed by atoms with E-state index in [4.69, 9.17) is 4.74 Å². The number of hydrogen-bond donors (Lipinski definition) is 2. The van der Waals surface area contributed by atoms with Crippen LogP contribution in [0.3, 0.4) is 0 Å². The minimum atomic E-state index is -1.08. The highest BCUT2D eigenvalue weighted by Crippen LogP contribution is 2.11. The number of imide groups is 1. The van der Waals surface area contributed by atoms with Crippen LogP contribution in [0.25, 0.3) is 0 Å². The summed E-state index contributed by atoms with van der Waals surface area (Å²) in [5, 5.41) is 4.76. The van der Waals surface area contributed by atoms with E-state index in [1.54, 1.807) is 32.9 Å². The predicted molar refractivity (Wildman–Crippen MR) is 96.3 cm³/mol. The fraction of sp³-hybridized carbons (Fsp3) is 0.526. The van der Waals surface area contributed by atoms with Gasteiger partial charge in [0, 0.05) is 5.54 Å². The van der Waals surface area contributed by atoms with E-state index in [-0.39, 0.29) is 0 Å². The van der Waals surface area contributed by atoms with E-state index in [0.29, 0.717) is 11.5 Å². The highest BCUT2D eigenvalue weighted by molar-refractivity contribution is 5.98. The molecule has 0 heterocycles. The molecule has 0 radical (unpaired) electrons. The van der Waals surface area contributed by atoms with Gasteiger partial charge in [0.15, 0.2) is 6.10 Å². The van der Waals surface area contributed by atoms with Crippen molar-refractivity contribution in [2.24, 2.45) is 5.92 Å². The molecule has 0 spiro atoms. The molecule has 0 fully saturated rings. The number of amides is 3. The van der Waals surface area contributed by atoms with Crippen LogP contribution in [0.5, 0.6) is 0 Å². The van der Waals surface area contributed by atoms with Gasteiger partial charge in [-0.15, -0.1) is 0 Å². The number of benzene rings is 1. The van der Waals surface area contributed by atoms with Gasteiger partial charge in [0.25, 0.3) is 5.91 Å². The van der Waals surface area contributed by atoms with Crippen LogP contribution in [0.4, 0.5) is 4.79 Å². The zero-order valence-corrected chi connectivity index (χ0v) is 15.8. The third-order valence-electron chi connectivity index (χ3n) is 3.21. The Morgan fingerprint density at radius 3 is 2.08 bits per heavy atom. The molecular formula is C19H28N2O4. The van der Waals surface area contributed by atoms with Crippen molar-refractivity contribution in [2.45, 2.75) is 59.6 Å². The summed E-state index contributed by atoms with van der Waals surface area (Å²) in [6, 6.07) is 6.47. The van der Waals surface area contributed by atoms with Gasteiger partial charge in [-0.1, -0.05) is 26.0 Å². The maximum absolute atomic E-state index is 12.1. The Bertz CT molecular complexity index is 615. The van der Waals surface area contributed by atoms with Gasteiger partial charge in [-0.05, 0) is 57.7 Å². The van der Waals surface area contributed by atoms with Crippen molar-refractivity contribution in [3.63, 3.8) is 0 Å². The minimum absolute atomic E-state index is 0.367.